The number of Topliss-reactive ketones (excluding diaryl/α,β-unsaturated/α-hetero) is 1. The van der Waals surface area contributed by atoms with Crippen molar-refractivity contribution in [3.63, 3.8) is 0 Å². The Bertz CT molecular complexity index is 1240. The summed E-state index contributed by atoms with van der Waals surface area (Å²) in [6.45, 7) is 4.44. The number of benzene rings is 2. The lowest BCUT2D eigenvalue weighted by atomic mass is 9.72. The van der Waals surface area contributed by atoms with Crippen molar-refractivity contribution in [1.82, 2.24) is 5.16 Å². The van der Waals surface area contributed by atoms with Gasteiger partial charge in [-0.2, -0.15) is 0 Å². The van der Waals surface area contributed by atoms with E-state index < -0.39 is 0 Å². The Kier molecular flexibility index (Phi) is 5.32. The minimum atomic E-state index is -0.249. The third-order valence-corrected chi connectivity index (χ3v) is 6.46. The van der Waals surface area contributed by atoms with Gasteiger partial charge in [-0.1, -0.05) is 23.4 Å². The van der Waals surface area contributed by atoms with E-state index in [4.69, 9.17) is 14.0 Å². The molecule has 0 amide bonds. The van der Waals surface area contributed by atoms with Crippen molar-refractivity contribution in [3.8, 4) is 17.2 Å². The summed E-state index contributed by atoms with van der Waals surface area (Å²) in [7, 11) is 1.52. The number of nitrogens with one attached hydrogen (secondary N) is 1. The first-order chi connectivity index (χ1) is 16.0. The van der Waals surface area contributed by atoms with Crippen LogP contribution in [0.15, 0.2) is 58.3 Å². The molecule has 0 bridgehead atoms. The highest BCUT2D eigenvalue weighted by Gasteiger charge is 2.41. The Morgan fingerprint density at radius 2 is 1.91 bits per heavy atom. The molecule has 2 aromatic carbocycles. The third kappa shape index (κ3) is 3.63. The third-order valence-electron chi connectivity index (χ3n) is 6.46. The van der Waals surface area contributed by atoms with E-state index in [1.807, 2.05) is 44.2 Å². The molecule has 1 aromatic heterocycles. The van der Waals surface area contributed by atoms with Crippen molar-refractivity contribution in [2.24, 2.45) is 0 Å². The summed E-state index contributed by atoms with van der Waals surface area (Å²) >= 11 is 0. The van der Waals surface area contributed by atoms with Gasteiger partial charge in [0, 0.05) is 23.6 Å². The Labute approximate surface area is 192 Å². The van der Waals surface area contributed by atoms with Crippen molar-refractivity contribution in [1.29, 1.82) is 0 Å². The monoisotopic (exact) mass is 446 g/mol. The van der Waals surface area contributed by atoms with Crippen molar-refractivity contribution >= 4 is 11.7 Å². The Hall–Kier alpha value is -3.74. The molecular weight excluding hydrogens is 420 g/mol. The Morgan fingerprint density at radius 3 is 2.64 bits per heavy atom. The van der Waals surface area contributed by atoms with E-state index in [0.29, 0.717) is 31.1 Å². The van der Waals surface area contributed by atoms with Crippen LogP contribution in [0, 0.1) is 6.92 Å². The highest BCUT2D eigenvalue weighted by atomic mass is 16.5. The van der Waals surface area contributed by atoms with E-state index in [1.54, 1.807) is 12.1 Å². The molecule has 1 aliphatic heterocycles. The van der Waals surface area contributed by atoms with Gasteiger partial charge in [-0.15, -0.1) is 0 Å². The number of ether oxygens (including phenoxy) is 2. The van der Waals surface area contributed by atoms with Crippen molar-refractivity contribution in [2.75, 3.05) is 19.0 Å². The molecule has 170 valence electrons. The van der Waals surface area contributed by atoms with Crippen LogP contribution in [0.4, 0.5) is 5.88 Å². The molecule has 2 N–H and O–H groups in total. The molecule has 7 heteroatoms. The number of methoxy groups -OCH3 is 1. The van der Waals surface area contributed by atoms with Crippen LogP contribution in [-0.4, -0.2) is 29.8 Å². The largest absolute Gasteiger partial charge is 0.504 e. The van der Waals surface area contributed by atoms with Gasteiger partial charge in [0.05, 0.1) is 25.0 Å². The summed E-state index contributed by atoms with van der Waals surface area (Å²) in [6, 6.07) is 13.1. The number of phenols is 1. The molecule has 0 saturated heterocycles. The molecular formula is C26H26N2O5. The summed E-state index contributed by atoms with van der Waals surface area (Å²) in [5.74, 6) is 1.66. The number of nitrogens with zero attached hydrogens (tertiary/aromatic N) is 1. The van der Waals surface area contributed by atoms with Crippen molar-refractivity contribution in [3.05, 3.63) is 76.1 Å². The van der Waals surface area contributed by atoms with Gasteiger partial charge < -0.3 is 24.4 Å². The van der Waals surface area contributed by atoms with Gasteiger partial charge in [-0.05, 0) is 61.6 Å². The number of aromatic nitrogens is 1. The second-order valence-corrected chi connectivity index (χ2v) is 8.42. The van der Waals surface area contributed by atoms with Crippen LogP contribution in [-0.2, 0) is 4.79 Å². The van der Waals surface area contributed by atoms with Crippen LogP contribution in [0.5, 0.6) is 17.2 Å². The van der Waals surface area contributed by atoms with Gasteiger partial charge in [-0.3, -0.25) is 4.79 Å². The van der Waals surface area contributed by atoms with Crippen LogP contribution >= 0.6 is 0 Å². The lowest BCUT2D eigenvalue weighted by Gasteiger charge is -2.34. The summed E-state index contributed by atoms with van der Waals surface area (Å²) < 4.78 is 16.5. The normalized spacial score (nSPS) is 19.5. The predicted octanol–water partition coefficient (Wildman–Crippen LogP) is 5.05. The summed E-state index contributed by atoms with van der Waals surface area (Å²) in [4.78, 5) is 13.6. The fourth-order valence-corrected chi connectivity index (χ4v) is 4.91. The number of aromatic hydroxyl groups is 1. The van der Waals surface area contributed by atoms with Crippen molar-refractivity contribution < 1.29 is 23.9 Å². The Balaban J connectivity index is 1.56. The van der Waals surface area contributed by atoms with Crippen LogP contribution in [0.1, 0.15) is 54.0 Å². The highest BCUT2D eigenvalue weighted by molar-refractivity contribution is 6.01. The van der Waals surface area contributed by atoms with E-state index in [-0.39, 0.29) is 23.4 Å². The van der Waals surface area contributed by atoms with E-state index in [1.165, 1.54) is 7.11 Å². The topological polar surface area (TPSA) is 93.8 Å². The van der Waals surface area contributed by atoms with E-state index in [9.17, 15) is 9.90 Å². The van der Waals surface area contributed by atoms with Gasteiger partial charge in [0.2, 0.25) is 5.88 Å². The second kappa shape index (κ2) is 8.31. The SMILES string of the molecule is CCOc1ccc([C@@H]2C3=C(C[C@H](c4ccc(O)c(OC)c4)CC3=O)Nc3onc(C)c32)cc1. The minimum Gasteiger partial charge on any atom is -0.504 e. The van der Waals surface area contributed by atoms with Gasteiger partial charge in [0.15, 0.2) is 17.3 Å². The molecule has 1 aliphatic carbocycles. The smallest absolute Gasteiger partial charge is 0.233 e. The lowest BCUT2D eigenvalue weighted by Crippen LogP contribution is -2.29. The fraction of sp³-hybridized carbons (Fsp3) is 0.308. The maximum absolute atomic E-state index is 13.6. The zero-order chi connectivity index (χ0) is 23.1. The minimum absolute atomic E-state index is 0.0372. The fourth-order valence-electron chi connectivity index (χ4n) is 4.91. The number of carbonyl (C=O) groups excluding carboxylic acids is 1. The molecule has 7 nitrogen and oxygen atoms in total. The quantitative estimate of drug-likeness (QED) is 0.566. The van der Waals surface area contributed by atoms with Crippen LogP contribution in [0.3, 0.4) is 0 Å². The van der Waals surface area contributed by atoms with Crippen LogP contribution in [0.25, 0.3) is 0 Å². The molecule has 33 heavy (non-hydrogen) atoms. The molecule has 2 atom stereocenters. The van der Waals surface area contributed by atoms with Crippen LogP contribution < -0.4 is 14.8 Å². The zero-order valence-electron chi connectivity index (χ0n) is 18.8. The summed E-state index contributed by atoms with van der Waals surface area (Å²) in [6.07, 6.45) is 1.02. The molecule has 0 radical (unpaired) electrons. The average Bonchev–Trinajstić information content (AvgIpc) is 3.19. The maximum atomic E-state index is 13.6. The molecule has 0 fully saturated rings. The molecule has 0 spiro atoms. The lowest BCUT2D eigenvalue weighted by molar-refractivity contribution is -0.116. The first-order valence-electron chi connectivity index (χ1n) is 11.1. The Morgan fingerprint density at radius 1 is 1.15 bits per heavy atom. The summed E-state index contributed by atoms with van der Waals surface area (Å²) in [5.41, 5.74) is 5.23. The highest BCUT2D eigenvalue weighted by Crippen LogP contribution is 2.49. The van der Waals surface area contributed by atoms with Crippen LogP contribution in [0.2, 0.25) is 0 Å². The second-order valence-electron chi connectivity index (χ2n) is 8.42. The number of anilines is 1. The predicted molar refractivity (Wildman–Crippen MR) is 123 cm³/mol. The number of phenolic OH excluding ortho intramolecular Hbond substituents is 1. The van der Waals surface area contributed by atoms with Gasteiger partial charge >= 0.3 is 0 Å². The number of fused-ring (bicyclic) bond motifs is 1. The first kappa shape index (κ1) is 21.1. The number of aryl methyl sites for hydroxylation is 1. The standard InChI is InChI=1S/C26H26N2O5/c1-4-32-18-8-5-15(6-9-18)24-23-14(2)28-33-26(23)27-19-11-17(12-21(30)25(19)24)16-7-10-20(29)22(13-16)31-3/h5-10,13,17,24,27,29H,4,11-12H2,1-3H3/t17-,24-/m0/s1. The van der Waals surface area contributed by atoms with Gasteiger partial charge in [0.25, 0.3) is 0 Å². The van der Waals surface area contributed by atoms with E-state index >= 15 is 0 Å². The van der Waals surface area contributed by atoms with E-state index in [0.717, 1.165) is 39.4 Å². The first-order valence-corrected chi connectivity index (χ1v) is 11.1. The van der Waals surface area contributed by atoms with E-state index in [2.05, 4.69) is 10.5 Å². The molecule has 2 aliphatic rings. The molecule has 5 rings (SSSR count). The number of hydrogen-bond acceptors (Lipinski definition) is 7. The zero-order valence-corrected chi connectivity index (χ0v) is 18.8. The number of ketones is 1. The average molecular weight is 447 g/mol. The molecule has 2 heterocycles. The van der Waals surface area contributed by atoms with Crippen molar-refractivity contribution in [2.45, 2.75) is 38.5 Å². The maximum Gasteiger partial charge on any atom is 0.233 e. The number of hydrogen-bond donors (Lipinski definition) is 2. The number of allylic oxidation sites excluding steroid dienone is 2. The summed E-state index contributed by atoms with van der Waals surface area (Å²) in [5, 5.41) is 17.5. The molecule has 0 unspecified atom stereocenters. The van der Waals surface area contributed by atoms with Gasteiger partial charge in [0.1, 0.15) is 5.75 Å². The molecule has 0 saturated carbocycles. The number of carbonyl (C=O) groups is 1. The molecule has 3 aromatic rings. The van der Waals surface area contributed by atoms with Gasteiger partial charge in [-0.25, -0.2) is 0 Å². The number of rotatable bonds is 5.